The van der Waals surface area contributed by atoms with Gasteiger partial charge in [0.1, 0.15) is 5.75 Å². The van der Waals surface area contributed by atoms with Gasteiger partial charge in [-0.2, -0.15) is 0 Å². The largest absolute Gasteiger partial charge is 0.494 e. The Labute approximate surface area is 126 Å². The maximum absolute atomic E-state index is 10.8. The molecule has 5 heteroatoms. The molecule has 2 rings (SSSR count). The predicted octanol–water partition coefficient (Wildman–Crippen LogP) is 3.55. The molecule has 0 aromatic heterocycles. The lowest BCUT2D eigenvalue weighted by atomic mass is 10.2. The number of nitrogens with zero attached hydrogens (tertiary/aromatic N) is 2. The molecule has 5 nitrogen and oxygen atoms in total. The predicted molar refractivity (Wildman–Crippen MR) is 82.9 cm³/mol. The van der Waals surface area contributed by atoms with Crippen molar-refractivity contribution in [1.29, 1.82) is 0 Å². The van der Waals surface area contributed by atoms with Crippen molar-refractivity contribution in [3.05, 3.63) is 33.9 Å². The van der Waals surface area contributed by atoms with Gasteiger partial charge in [-0.25, -0.2) is 0 Å². The molecule has 1 aliphatic rings. The number of likely N-dealkylation sites (tertiary alicyclic amines) is 1. The average Bonchev–Trinajstić information content (AvgIpc) is 2.72. The van der Waals surface area contributed by atoms with Crippen LogP contribution in [-0.2, 0) is 0 Å². The summed E-state index contributed by atoms with van der Waals surface area (Å²) in [7, 11) is 0. The molecule has 1 saturated heterocycles. The lowest BCUT2D eigenvalue weighted by Gasteiger charge is -2.19. The van der Waals surface area contributed by atoms with E-state index in [2.05, 4.69) is 4.90 Å². The maximum Gasteiger partial charge on any atom is 0.272 e. The Morgan fingerprint density at radius 1 is 1.24 bits per heavy atom. The number of nitro groups is 1. The summed E-state index contributed by atoms with van der Waals surface area (Å²) < 4.78 is 5.69. The molecule has 0 radical (unpaired) electrons. The number of hydrogen-bond donors (Lipinski definition) is 0. The van der Waals surface area contributed by atoms with Gasteiger partial charge in [-0.1, -0.05) is 12.8 Å². The molecule has 21 heavy (non-hydrogen) atoms. The monoisotopic (exact) mass is 292 g/mol. The van der Waals surface area contributed by atoms with E-state index in [1.54, 1.807) is 19.1 Å². The van der Waals surface area contributed by atoms with Gasteiger partial charge in [-0.15, -0.1) is 0 Å². The molecule has 0 amide bonds. The topological polar surface area (TPSA) is 55.6 Å². The Morgan fingerprint density at radius 3 is 2.57 bits per heavy atom. The highest BCUT2D eigenvalue weighted by Gasteiger charge is 2.11. The summed E-state index contributed by atoms with van der Waals surface area (Å²) in [6.45, 7) is 5.88. The van der Waals surface area contributed by atoms with Crippen LogP contribution in [0.5, 0.6) is 5.75 Å². The second-order valence-electron chi connectivity index (χ2n) is 5.66. The molecular weight excluding hydrogens is 268 g/mol. The number of hydrogen-bond acceptors (Lipinski definition) is 4. The van der Waals surface area contributed by atoms with Crippen LogP contribution in [0.2, 0.25) is 0 Å². The first-order valence-electron chi connectivity index (χ1n) is 7.77. The molecule has 1 aromatic rings. The van der Waals surface area contributed by atoms with Crippen LogP contribution in [0, 0.1) is 17.0 Å². The molecule has 1 heterocycles. The van der Waals surface area contributed by atoms with Crippen LogP contribution in [0.15, 0.2) is 18.2 Å². The minimum atomic E-state index is -0.363. The summed E-state index contributed by atoms with van der Waals surface area (Å²) in [6, 6.07) is 4.93. The Balaban J connectivity index is 1.73. The van der Waals surface area contributed by atoms with E-state index < -0.39 is 0 Å². The van der Waals surface area contributed by atoms with Gasteiger partial charge >= 0.3 is 0 Å². The molecule has 0 saturated carbocycles. The molecule has 116 valence electrons. The van der Waals surface area contributed by atoms with Crippen LogP contribution in [-0.4, -0.2) is 36.1 Å². The quantitative estimate of drug-likeness (QED) is 0.457. The third-order valence-corrected chi connectivity index (χ3v) is 3.95. The van der Waals surface area contributed by atoms with E-state index in [4.69, 9.17) is 4.74 Å². The van der Waals surface area contributed by atoms with Crippen molar-refractivity contribution in [3.63, 3.8) is 0 Å². The van der Waals surface area contributed by atoms with E-state index >= 15 is 0 Å². The van der Waals surface area contributed by atoms with Crippen molar-refractivity contribution >= 4 is 5.69 Å². The molecule has 1 aliphatic heterocycles. The standard InChI is InChI=1S/C16H24N2O3/c1-14-13-15(7-8-16(14)18(19)20)21-12-6-11-17-9-4-2-3-5-10-17/h7-8,13H,2-6,9-12H2,1H3. The van der Waals surface area contributed by atoms with E-state index in [1.165, 1.54) is 44.8 Å². The first-order valence-corrected chi connectivity index (χ1v) is 7.77. The van der Waals surface area contributed by atoms with Crippen LogP contribution in [0.4, 0.5) is 5.69 Å². The summed E-state index contributed by atoms with van der Waals surface area (Å²) in [5, 5.41) is 10.8. The summed E-state index contributed by atoms with van der Waals surface area (Å²) in [5.74, 6) is 0.717. The van der Waals surface area contributed by atoms with Gasteiger partial charge in [-0.3, -0.25) is 10.1 Å². The van der Waals surface area contributed by atoms with Crippen molar-refractivity contribution in [2.45, 2.75) is 39.0 Å². The van der Waals surface area contributed by atoms with Crippen LogP contribution >= 0.6 is 0 Å². The van der Waals surface area contributed by atoms with Crippen molar-refractivity contribution in [2.24, 2.45) is 0 Å². The minimum absolute atomic E-state index is 0.145. The van der Waals surface area contributed by atoms with E-state index in [9.17, 15) is 10.1 Å². The zero-order chi connectivity index (χ0) is 15.1. The van der Waals surface area contributed by atoms with E-state index in [-0.39, 0.29) is 10.6 Å². The Bertz CT molecular complexity index is 469. The van der Waals surface area contributed by atoms with Gasteiger partial charge in [-0.05, 0) is 51.4 Å². The lowest BCUT2D eigenvalue weighted by Crippen LogP contribution is -2.26. The third kappa shape index (κ3) is 5.01. The van der Waals surface area contributed by atoms with E-state index in [1.807, 2.05) is 0 Å². The Kier molecular flexibility index (Phi) is 5.99. The van der Waals surface area contributed by atoms with Crippen molar-refractivity contribution in [1.82, 2.24) is 4.90 Å². The zero-order valence-corrected chi connectivity index (χ0v) is 12.7. The Hall–Kier alpha value is -1.62. The van der Waals surface area contributed by atoms with Crippen LogP contribution in [0.25, 0.3) is 0 Å². The van der Waals surface area contributed by atoms with Gasteiger partial charge in [0, 0.05) is 18.2 Å². The number of nitro benzene ring substituents is 1. The third-order valence-electron chi connectivity index (χ3n) is 3.95. The van der Waals surface area contributed by atoms with Gasteiger partial charge < -0.3 is 9.64 Å². The van der Waals surface area contributed by atoms with Crippen molar-refractivity contribution in [3.8, 4) is 5.75 Å². The summed E-state index contributed by atoms with van der Waals surface area (Å²) >= 11 is 0. The highest BCUT2D eigenvalue weighted by atomic mass is 16.6. The first kappa shape index (κ1) is 15.8. The van der Waals surface area contributed by atoms with Crippen molar-refractivity contribution < 1.29 is 9.66 Å². The number of rotatable bonds is 6. The smallest absolute Gasteiger partial charge is 0.272 e. The fourth-order valence-corrected chi connectivity index (χ4v) is 2.76. The highest BCUT2D eigenvalue weighted by Crippen LogP contribution is 2.23. The minimum Gasteiger partial charge on any atom is -0.494 e. The van der Waals surface area contributed by atoms with Crippen LogP contribution in [0.3, 0.4) is 0 Å². The molecule has 0 bridgehead atoms. The summed E-state index contributed by atoms with van der Waals surface area (Å²) in [6.07, 6.45) is 6.32. The average molecular weight is 292 g/mol. The van der Waals surface area contributed by atoms with Crippen molar-refractivity contribution in [2.75, 3.05) is 26.2 Å². The second-order valence-corrected chi connectivity index (χ2v) is 5.66. The van der Waals surface area contributed by atoms with Gasteiger partial charge in [0.25, 0.3) is 5.69 Å². The molecule has 0 N–H and O–H groups in total. The first-order chi connectivity index (χ1) is 10.2. The van der Waals surface area contributed by atoms with E-state index in [0.29, 0.717) is 17.9 Å². The SMILES string of the molecule is Cc1cc(OCCCN2CCCCCC2)ccc1[N+](=O)[O-]. The van der Waals surface area contributed by atoms with Crippen LogP contribution in [0.1, 0.15) is 37.7 Å². The highest BCUT2D eigenvalue weighted by molar-refractivity contribution is 5.44. The van der Waals surface area contributed by atoms with E-state index in [0.717, 1.165) is 13.0 Å². The Morgan fingerprint density at radius 2 is 1.95 bits per heavy atom. The zero-order valence-electron chi connectivity index (χ0n) is 12.7. The summed E-state index contributed by atoms with van der Waals surface area (Å²) in [4.78, 5) is 12.9. The molecule has 1 aromatic carbocycles. The van der Waals surface area contributed by atoms with Gasteiger partial charge in [0.15, 0.2) is 0 Å². The lowest BCUT2D eigenvalue weighted by molar-refractivity contribution is -0.385. The molecule has 0 spiro atoms. The van der Waals surface area contributed by atoms with Crippen LogP contribution < -0.4 is 4.74 Å². The molecule has 0 aliphatic carbocycles. The number of benzene rings is 1. The maximum atomic E-state index is 10.8. The molecule has 0 atom stereocenters. The van der Waals surface area contributed by atoms with Gasteiger partial charge in [0.05, 0.1) is 11.5 Å². The molecule has 1 fully saturated rings. The number of aryl methyl sites for hydroxylation is 1. The molecule has 0 unspecified atom stereocenters. The second kappa shape index (κ2) is 7.98. The molecular formula is C16H24N2O3. The summed E-state index contributed by atoms with van der Waals surface area (Å²) in [5.41, 5.74) is 0.789. The van der Waals surface area contributed by atoms with Gasteiger partial charge in [0.2, 0.25) is 0 Å². The normalized spacial score (nSPS) is 16.4. The number of ether oxygens (including phenoxy) is 1. The fraction of sp³-hybridized carbons (Fsp3) is 0.625. The fourth-order valence-electron chi connectivity index (χ4n) is 2.76.